The Labute approximate surface area is 118 Å². The Balaban J connectivity index is 2.02. The number of nitrogens with zero attached hydrogens (tertiary/aromatic N) is 1. The van der Waals surface area contributed by atoms with Gasteiger partial charge in [-0.2, -0.15) is 0 Å². The van der Waals surface area contributed by atoms with Crippen molar-refractivity contribution in [2.24, 2.45) is 0 Å². The minimum absolute atomic E-state index is 0.0283. The lowest BCUT2D eigenvalue weighted by atomic mass is 10.0. The van der Waals surface area contributed by atoms with Crippen LogP contribution in [0.2, 0.25) is 0 Å². The van der Waals surface area contributed by atoms with Crippen LogP contribution in [0.4, 0.5) is 15.8 Å². The van der Waals surface area contributed by atoms with Gasteiger partial charge in [-0.15, -0.1) is 0 Å². The number of nitro benzene ring substituents is 1. The Bertz CT molecular complexity index is 782. The molecule has 0 spiro atoms. The van der Waals surface area contributed by atoms with Gasteiger partial charge >= 0.3 is 0 Å². The van der Waals surface area contributed by atoms with Crippen LogP contribution in [0.3, 0.4) is 0 Å². The molecule has 0 atom stereocenters. The van der Waals surface area contributed by atoms with Gasteiger partial charge in [0.15, 0.2) is 0 Å². The van der Waals surface area contributed by atoms with Crippen molar-refractivity contribution in [3.05, 3.63) is 69.5 Å². The molecular weight excluding hydrogens is 275 g/mol. The van der Waals surface area contributed by atoms with Crippen LogP contribution in [0, 0.1) is 15.9 Å². The molecule has 2 aromatic rings. The zero-order valence-corrected chi connectivity index (χ0v) is 10.7. The highest BCUT2D eigenvalue weighted by Crippen LogP contribution is 2.33. The predicted octanol–water partition coefficient (Wildman–Crippen LogP) is 3.23. The average Bonchev–Trinajstić information content (AvgIpc) is 2.76. The number of benzene rings is 2. The first-order valence-electron chi connectivity index (χ1n) is 6.12. The molecule has 1 N–H and O–H groups in total. The maximum atomic E-state index is 13.3. The number of carbonyl (C=O) groups excluding carboxylic acids is 1. The first-order valence-corrected chi connectivity index (χ1v) is 6.12. The third kappa shape index (κ3) is 2.38. The molecule has 0 unspecified atom stereocenters. The van der Waals surface area contributed by atoms with Crippen LogP contribution >= 0.6 is 0 Å². The molecule has 6 heteroatoms. The van der Waals surface area contributed by atoms with E-state index in [0.29, 0.717) is 22.4 Å². The van der Waals surface area contributed by atoms with E-state index in [2.05, 4.69) is 5.32 Å². The number of fused-ring (bicyclic) bond motifs is 1. The molecule has 1 amide bonds. The zero-order valence-electron chi connectivity index (χ0n) is 10.7. The second-order valence-corrected chi connectivity index (χ2v) is 4.55. The molecule has 2 aromatic carbocycles. The fourth-order valence-corrected chi connectivity index (χ4v) is 2.16. The Morgan fingerprint density at radius 3 is 2.52 bits per heavy atom. The molecule has 0 saturated carbocycles. The summed E-state index contributed by atoms with van der Waals surface area (Å²) < 4.78 is 13.3. The van der Waals surface area contributed by atoms with E-state index in [-0.39, 0.29) is 11.6 Å². The fraction of sp³-hybridized carbons (Fsp3) is 0. The standard InChI is InChI=1S/C15H9FN2O3/c16-10-3-6-14-12(8-10)13(15(19)17-14)7-9-1-4-11(5-2-9)18(20)21/h1-8H,(H,17,19). The van der Waals surface area contributed by atoms with E-state index in [0.717, 1.165) is 0 Å². The van der Waals surface area contributed by atoms with Gasteiger partial charge in [-0.1, -0.05) is 0 Å². The Hall–Kier alpha value is -3.02. The van der Waals surface area contributed by atoms with Gasteiger partial charge < -0.3 is 5.32 Å². The van der Waals surface area contributed by atoms with Crippen molar-refractivity contribution >= 4 is 28.9 Å². The molecule has 0 fully saturated rings. The Morgan fingerprint density at radius 1 is 1.14 bits per heavy atom. The molecule has 104 valence electrons. The van der Waals surface area contributed by atoms with Crippen molar-refractivity contribution in [3.63, 3.8) is 0 Å². The minimum Gasteiger partial charge on any atom is -0.321 e. The van der Waals surface area contributed by atoms with Crippen LogP contribution in [0.5, 0.6) is 0 Å². The summed E-state index contributed by atoms with van der Waals surface area (Å²) >= 11 is 0. The van der Waals surface area contributed by atoms with E-state index in [4.69, 9.17) is 0 Å². The van der Waals surface area contributed by atoms with Gasteiger partial charge in [-0.05, 0) is 42.0 Å². The van der Waals surface area contributed by atoms with Gasteiger partial charge in [0.1, 0.15) is 5.82 Å². The molecule has 5 nitrogen and oxygen atoms in total. The molecule has 0 radical (unpaired) electrons. The highest BCUT2D eigenvalue weighted by Gasteiger charge is 2.24. The van der Waals surface area contributed by atoms with Gasteiger partial charge in [0.2, 0.25) is 0 Å². The number of rotatable bonds is 2. The maximum Gasteiger partial charge on any atom is 0.269 e. The van der Waals surface area contributed by atoms with Gasteiger partial charge in [0.25, 0.3) is 11.6 Å². The molecule has 1 heterocycles. The lowest BCUT2D eigenvalue weighted by molar-refractivity contribution is -0.384. The maximum absolute atomic E-state index is 13.3. The molecule has 0 aromatic heterocycles. The molecule has 21 heavy (non-hydrogen) atoms. The first-order chi connectivity index (χ1) is 10.0. The SMILES string of the molecule is O=C1Nc2ccc(F)cc2C1=Cc1ccc([N+](=O)[O-])cc1. The Kier molecular flexibility index (Phi) is 2.98. The third-order valence-electron chi connectivity index (χ3n) is 3.18. The Morgan fingerprint density at radius 2 is 1.86 bits per heavy atom. The summed E-state index contributed by atoms with van der Waals surface area (Å²) in [6.07, 6.45) is 1.57. The number of amides is 1. The topological polar surface area (TPSA) is 72.2 Å². The van der Waals surface area contributed by atoms with E-state index in [1.54, 1.807) is 6.08 Å². The molecule has 3 rings (SSSR count). The molecular formula is C15H9FN2O3. The normalized spacial score (nSPS) is 14.9. The third-order valence-corrected chi connectivity index (χ3v) is 3.18. The van der Waals surface area contributed by atoms with Crippen LogP contribution in [0.15, 0.2) is 42.5 Å². The summed E-state index contributed by atoms with van der Waals surface area (Å²) in [5.74, 6) is -0.756. The number of anilines is 1. The fourth-order valence-electron chi connectivity index (χ4n) is 2.16. The summed E-state index contributed by atoms with van der Waals surface area (Å²) in [4.78, 5) is 22.0. The lowest BCUT2D eigenvalue weighted by Crippen LogP contribution is -2.03. The van der Waals surface area contributed by atoms with E-state index in [1.807, 2.05) is 0 Å². The second kappa shape index (κ2) is 4.82. The van der Waals surface area contributed by atoms with Gasteiger partial charge in [0, 0.05) is 29.0 Å². The van der Waals surface area contributed by atoms with Gasteiger partial charge in [-0.3, -0.25) is 14.9 Å². The van der Waals surface area contributed by atoms with E-state index in [1.165, 1.54) is 42.5 Å². The number of hydrogen-bond acceptors (Lipinski definition) is 3. The van der Waals surface area contributed by atoms with Crippen molar-refractivity contribution in [1.29, 1.82) is 0 Å². The molecule has 1 aliphatic heterocycles. The summed E-state index contributed by atoms with van der Waals surface area (Å²) in [5.41, 5.74) is 1.97. The van der Waals surface area contributed by atoms with E-state index in [9.17, 15) is 19.3 Å². The monoisotopic (exact) mass is 284 g/mol. The lowest BCUT2D eigenvalue weighted by Gasteiger charge is -1.99. The van der Waals surface area contributed by atoms with Crippen molar-refractivity contribution in [2.75, 3.05) is 5.32 Å². The highest BCUT2D eigenvalue weighted by molar-refractivity contribution is 6.34. The summed E-state index contributed by atoms with van der Waals surface area (Å²) in [6, 6.07) is 9.83. The smallest absolute Gasteiger partial charge is 0.269 e. The van der Waals surface area contributed by atoms with Crippen LogP contribution in [0.25, 0.3) is 11.6 Å². The highest BCUT2D eigenvalue weighted by atomic mass is 19.1. The van der Waals surface area contributed by atoms with E-state index >= 15 is 0 Å². The predicted molar refractivity (Wildman–Crippen MR) is 76.0 cm³/mol. The number of carbonyl (C=O) groups is 1. The quantitative estimate of drug-likeness (QED) is 0.523. The molecule has 0 saturated heterocycles. The summed E-state index contributed by atoms with van der Waals surface area (Å²) in [6.45, 7) is 0. The van der Waals surface area contributed by atoms with Crippen molar-refractivity contribution in [3.8, 4) is 0 Å². The molecule has 1 aliphatic rings. The molecule has 0 aliphatic carbocycles. The van der Waals surface area contributed by atoms with Crippen LogP contribution in [-0.2, 0) is 4.79 Å². The van der Waals surface area contributed by atoms with Crippen molar-refractivity contribution in [1.82, 2.24) is 0 Å². The first kappa shape index (κ1) is 13.0. The van der Waals surface area contributed by atoms with E-state index < -0.39 is 10.7 Å². The number of nitrogens with one attached hydrogen (secondary N) is 1. The van der Waals surface area contributed by atoms with Gasteiger partial charge in [-0.25, -0.2) is 4.39 Å². The molecule has 0 bridgehead atoms. The van der Waals surface area contributed by atoms with Gasteiger partial charge in [0.05, 0.1) is 4.92 Å². The average molecular weight is 284 g/mol. The number of hydrogen-bond donors (Lipinski definition) is 1. The number of nitro groups is 1. The second-order valence-electron chi connectivity index (χ2n) is 4.55. The number of non-ortho nitro benzene ring substituents is 1. The van der Waals surface area contributed by atoms with Crippen LogP contribution < -0.4 is 5.32 Å². The zero-order chi connectivity index (χ0) is 15.0. The minimum atomic E-state index is -0.496. The van der Waals surface area contributed by atoms with Crippen molar-refractivity contribution < 1.29 is 14.1 Å². The summed E-state index contributed by atoms with van der Waals surface area (Å²) in [5, 5.41) is 13.2. The largest absolute Gasteiger partial charge is 0.321 e. The van der Waals surface area contributed by atoms with Crippen LogP contribution in [0.1, 0.15) is 11.1 Å². The summed E-state index contributed by atoms with van der Waals surface area (Å²) in [7, 11) is 0. The van der Waals surface area contributed by atoms with Crippen LogP contribution in [-0.4, -0.2) is 10.8 Å². The van der Waals surface area contributed by atoms with Crippen molar-refractivity contribution in [2.45, 2.75) is 0 Å². The number of halogens is 1.